The highest BCUT2D eigenvalue weighted by Gasteiger charge is 2.29. The van der Waals surface area contributed by atoms with Gasteiger partial charge in [-0.05, 0) is 75.1 Å². The third-order valence-electron chi connectivity index (χ3n) is 6.39. The van der Waals surface area contributed by atoms with Gasteiger partial charge in [0, 0.05) is 29.6 Å². The van der Waals surface area contributed by atoms with Crippen LogP contribution in [0.3, 0.4) is 0 Å². The van der Waals surface area contributed by atoms with Gasteiger partial charge in [-0.2, -0.15) is 0 Å². The van der Waals surface area contributed by atoms with Gasteiger partial charge >= 0.3 is 6.09 Å². The number of piperidine rings is 1. The van der Waals surface area contributed by atoms with Gasteiger partial charge in [-0.3, -0.25) is 4.79 Å². The molecular weight excluding hydrogens is 521 g/mol. The van der Waals surface area contributed by atoms with E-state index >= 15 is 0 Å². The van der Waals surface area contributed by atoms with Gasteiger partial charge in [0.1, 0.15) is 11.4 Å². The molecule has 10 heteroatoms. The number of benzene rings is 2. The predicted octanol–water partition coefficient (Wildman–Crippen LogP) is 6.63. The van der Waals surface area contributed by atoms with Crippen molar-refractivity contribution in [1.82, 2.24) is 10.2 Å². The molecule has 0 spiro atoms. The summed E-state index contributed by atoms with van der Waals surface area (Å²) in [5.74, 6) is 0.450. The van der Waals surface area contributed by atoms with E-state index in [0.29, 0.717) is 40.6 Å². The molecule has 2 aromatic carbocycles. The number of nitrogens with zero attached hydrogens (tertiary/aromatic N) is 2. The number of halogens is 1. The monoisotopic (exact) mass is 549 g/mol. The molecule has 1 N–H and O–H groups in total. The van der Waals surface area contributed by atoms with Crippen LogP contribution in [0.25, 0.3) is 26.4 Å². The summed E-state index contributed by atoms with van der Waals surface area (Å²) in [6.45, 7) is 13.6. The maximum absolute atomic E-state index is 14.6. The van der Waals surface area contributed by atoms with Gasteiger partial charge in [0.25, 0.3) is 5.91 Å². The van der Waals surface area contributed by atoms with E-state index in [-0.39, 0.29) is 24.4 Å². The summed E-state index contributed by atoms with van der Waals surface area (Å²) in [7, 11) is 0. The van der Waals surface area contributed by atoms with E-state index in [2.05, 4.69) is 10.2 Å². The number of rotatable bonds is 4. The molecule has 0 unspecified atom stereocenters. The number of amides is 2. The van der Waals surface area contributed by atoms with Gasteiger partial charge in [-0.15, -0.1) is 11.3 Å². The van der Waals surface area contributed by atoms with Gasteiger partial charge in [0.05, 0.1) is 11.4 Å². The van der Waals surface area contributed by atoms with Crippen LogP contribution in [0.2, 0.25) is 0 Å². The molecule has 0 radical (unpaired) electrons. The Morgan fingerprint density at radius 1 is 1.13 bits per heavy atom. The van der Waals surface area contributed by atoms with E-state index < -0.39 is 17.5 Å². The molecule has 3 heterocycles. The highest BCUT2D eigenvalue weighted by molar-refractivity contribution is 7.18. The molecule has 0 saturated carbocycles. The normalized spacial score (nSPS) is 16.5. The van der Waals surface area contributed by atoms with Gasteiger partial charge in [0.2, 0.25) is 12.5 Å². The zero-order valence-corrected chi connectivity index (χ0v) is 22.7. The maximum Gasteiger partial charge on any atom is 0.407 e. The summed E-state index contributed by atoms with van der Waals surface area (Å²) >= 11 is 1.31. The van der Waals surface area contributed by atoms with Gasteiger partial charge < -0.3 is 24.4 Å². The zero-order valence-electron chi connectivity index (χ0n) is 21.9. The van der Waals surface area contributed by atoms with Crippen LogP contribution in [0.1, 0.15) is 43.3 Å². The summed E-state index contributed by atoms with van der Waals surface area (Å²) in [6, 6.07) is 11.5. The average molecular weight is 550 g/mol. The molecular formula is C29H28FN3O5S. The van der Waals surface area contributed by atoms with Crippen molar-refractivity contribution in [2.75, 3.05) is 19.9 Å². The van der Waals surface area contributed by atoms with E-state index in [1.54, 1.807) is 37.8 Å². The summed E-state index contributed by atoms with van der Waals surface area (Å²) in [5, 5.41) is 2.88. The Morgan fingerprint density at radius 3 is 2.64 bits per heavy atom. The summed E-state index contributed by atoms with van der Waals surface area (Å²) in [4.78, 5) is 32.2. The second kappa shape index (κ2) is 10.6. The number of carbonyl (C=O) groups excluding carboxylic acids is 2. The number of hydrogen-bond donors (Lipinski definition) is 1. The molecule has 0 bridgehead atoms. The highest BCUT2D eigenvalue weighted by atomic mass is 32.1. The Morgan fingerprint density at radius 2 is 1.90 bits per heavy atom. The fourth-order valence-electron chi connectivity index (χ4n) is 4.64. The second-order valence-corrected chi connectivity index (χ2v) is 11.5. The molecule has 3 aromatic rings. The van der Waals surface area contributed by atoms with Crippen LogP contribution in [0.4, 0.5) is 14.9 Å². The largest absolute Gasteiger partial charge is 0.454 e. The predicted molar refractivity (Wildman–Crippen MR) is 146 cm³/mol. The van der Waals surface area contributed by atoms with Crippen LogP contribution in [0, 0.1) is 12.4 Å². The standard InChI is InChI=1S/C29H28FN3O5S/c1-29(2,3)38-28(35)32-19-6-5-11-33(15-19)27(34)25-14-20(17-7-9-22(31-4)21(30)12-17)26(39-25)18-8-10-23-24(13-18)37-16-36-23/h7-10,12-14,19H,5-6,11,15-16H2,1-3H3,(H,32,35)/t19-/m1/s1. The molecule has 1 atom stereocenters. The van der Waals surface area contributed by atoms with E-state index in [0.717, 1.165) is 23.3 Å². The molecule has 5 rings (SSSR count). The number of nitrogens with one attached hydrogen (secondary N) is 1. The van der Waals surface area contributed by atoms with Gasteiger partial charge in [-0.1, -0.05) is 12.1 Å². The van der Waals surface area contributed by atoms with Crippen molar-refractivity contribution in [2.24, 2.45) is 0 Å². The fraction of sp³-hybridized carbons (Fsp3) is 0.345. The lowest BCUT2D eigenvalue weighted by Gasteiger charge is -2.33. The van der Waals surface area contributed by atoms with Crippen molar-refractivity contribution < 1.29 is 28.2 Å². The van der Waals surface area contributed by atoms with Gasteiger partial charge in [-0.25, -0.2) is 14.0 Å². The first-order valence-corrected chi connectivity index (χ1v) is 13.4. The highest BCUT2D eigenvalue weighted by Crippen LogP contribution is 2.44. The number of ether oxygens (including phenoxy) is 3. The Labute approximate surface area is 230 Å². The Bertz CT molecular complexity index is 1440. The van der Waals surface area contributed by atoms with Crippen molar-refractivity contribution in [3.8, 4) is 33.1 Å². The average Bonchev–Trinajstić information content (AvgIpc) is 3.54. The van der Waals surface area contributed by atoms with E-state index in [9.17, 15) is 14.0 Å². The number of fused-ring (bicyclic) bond motifs is 1. The summed E-state index contributed by atoms with van der Waals surface area (Å²) in [5.41, 5.74) is 1.37. The van der Waals surface area contributed by atoms with Crippen molar-refractivity contribution in [1.29, 1.82) is 0 Å². The van der Waals surface area contributed by atoms with E-state index in [1.807, 2.05) is 18.2 Å². The molecule has 1 fully saturated rings. The molecule has 202 valence electrons. The maximum atomic E-state index is 14.6. The van der Waals surface area contributed by atoms with Crippen LogP contribution in [0.5, 0.6) is 11.5 Å². The van der Waals surface area contributed by atoms with Gasteiger partial charge in [0.15, 0.2) is 11.5 Å². The lowest BCUT2D eigenvalue weighted by Crippen LogP contribution is -2.50. The quantitative estimate of drug-likeness (QED) is 0.370. The van der Waals surface area contributed by atoms with Crippen LogP contribution < -0.4 is 14.8 Å². The summed E-state index contributed by atoms with van der Waals surface area (Å²) in [6.07, 6.45) is 0.978. The number of alkyl carbamates (subject to hydrolysis) is 1. The SMILES string of the molecule is [C-]#[N+]c1ccc(-c2cc(C(=O)N3CCC[C@@H](NC(=O)OC(C)(C)C)C3)sc2-c2ccc3c(c2)OCO3)cc1F. The lowest BCUT2D eigenvalue weighted by atomic mass is 10.0. The first-order valence-electron chi connectivity index (χ1n) is 12.6. The third kappa shape index (κ3) is 5.83. The molecule has 2 amide bonds. The molecule has 2 aliphatic rings. The zero-order chi connectivity index (χ0) is 27.7. The van der Waals surface area contributed by atoms with Crippen LogP contribution in [0.15, 0.2) is 42.5 Å². The number of likely N-dealkylation sites (tertiary alicyclic amines) is 1. The molecule has 39 heavy (non-hydrogen) atoms. The van der Waals surface area contributed by atoms with Crippen molar-refractivity contribution in [2.45, 2.75) is 45.3 Å². The number of carbonyl (C=O) groups is 2. The molecule has 0 aliphatic carbocycles. The van der Waals surface area contributed by atoms with Crippen molar-refractivity contribution in [3.05, 3.63) is 64.6 Å². The molecule has 1 aromatic heterocycles. The minimum absolute atomic E-state index is 0.0632. The second-order valence-electron chi connectivity index (χ2n) is 10.4. The van der Waals surface area contributed by atoms with Crippen LogP contribution >= 0.6 is 11.3 Å². The first-order chi connectivity index (χ1) is 18.6. The Balaban J connectivity index is 1.45. The topological polar surface area (TPSA) is 81.5 Å². The smallest absolute Gasteiger partial charge is 0.407 e. The number of thiophene rings is 1. The Hall–Kier alpha value is -4.10. The summed E-state index contributed by atoms with van der Waals surface area (Å²) < 4.78 is 30.9. The van der Waals surface area contributed by atoms with Crippen molar-refractivity contribution in [3.63, 3.8) is 0 Å². The minimum Gasteiger partial charge on any atom is -0.454 e. The minimum atomic E-state index is -0.620. The van der Waals surface area contributed by atoms with Crippen LogP contribution in [-0.4, -0.2) is 48.4 Å². The van der Waals surface area contributed by atoms with Crippen LogP contribution in [-0.2, 0) is 4.74 Å². The molecule has 2 aliphatic heterocycles. The number of hydrogen-bond acceptors (Lipinski definition) is 6. The lowest BCUT2D eigenvalue weighted by molar-refractivity contribution is 0.0453. The molecule has 8 nitrogen and oxygen atoms in total. The van der Waals surface area contributed by atoms with Crippen molar-refractivity contribution >= 4 is 29.0 Å². The molecule has 1 saturated heterocycles. The first kappa shape index (κ1) is 26.5. The van der Waals surface area contributed by atoms with E-state index in [4.69, 9.17) is 20.8 Å². The third-order valence-corrected chi connectivity index (χ3v) is 7.56. The fourth-order valence-corrected chi connectivity index (χ4v) is 5.78. The van der Waals surface area contributed by atoms with E-state index in [1.165, 1.54) is 23.5 Å². The Kier molecular flexibility index (Phi) is 7.19.